The van der Waals surface area contributed by atoms with Crippen LogP contribution in [0.2, 0.25) is 0 Å². The topological polar surface area (TPSA) is 57.5 Å². The molecule has 0 aromatic carbocycles. The van der Waals surface area contributed by atoms with E-state index in [-0.39, 0.29) is 6.16 Å². The van der Waals surface area contributed by atoms with Gasteiger partial charge in [0.2, 0.25) is 0 Å². The zero-order chi connectivity index (χ0) is 5.70. The monoisotopic (exact) mass is 121 g/mol. The molecule has 1 atom stereocenters. The molecule has 0 bridgehead atoms. The van der Waals surface area contributed by atoms with Gasteiger partial charge in [0.05, 0.1) is 6.26 Å². The molecule has 4 heteroatoms. The van der Waals surface area contributed by atoms with E-state index in [9.17, 15) is 4.57 Å². The van der Waals surface area contributed by atoms with Crippen LogP contribution in [-0.2, 0) is 4.57 Å². The molecular formula is C3H6O3P+. The molecular weight excluding hydrogens is 115 g/mol. The van der Waals surface area contributed by atoms with Crippen LogP contribution in [0, 0.1) is 0 Å². The zero-order valence-corrected chi connectivity index (χ0v) is 4.51. The molecule has 0 fully saturated rings. The van der Waals surface area contributed by atoms with E-state index in [1.165, 1.54) is 6.08 Å². The quantitative estimate of drug-likeness (QED) is 0.419. The minimum atomic E-state index is -2.10. The number of hydrogen-bond acceptors (Lipinski definition) is 2. The van der Waals surface area contributed by atoms with Gasteiger partial charge in [0.15, 0.2) is 6.16 Å². The molecule has 0 amide bonds. The smallest absolute Gasteiger partial charge is 0.509 e. The maximum absolute atomic E-state index is 9.74. The van der Waals surface area contributed by atoms with Crippen molar-refractivity contribution in [2.24, 2.45) is 0 Å². The van der Waals surface area contributed by atoms with Crippen LogP contribution in [0.4, 0.5) is 0 Å². The molecule has 0 aromatic rings. The van der Waals surface area contributed by atoms with Gasteiger partial charge in [-0.25, -0.2) is 0 Å². The fraction of sp³-hybridized carbons (Fsp3) is 0.333. The lowest BCUT2D eigenvalue weighted by Gasteiger charge is -1.64. The molecule has 0 saturated heterocycles. The Kier molecular flexibility index (Phi) is 3.56. The van der Waals surface area contributed by atoms with Gasteiger partial charge in [-0.15, -0.1) is 0 Å². The molecule has 40 valence electrons. The van der Waals surface area contributed by atoms with Crippen molar-refractivity contribution < 1.29 is 14.6 Å². The molecule has 0 radical (unpaired) electrons. The summed E-state index contributed by atoms with van der Waals surface area (Å²) >= 11 is 0. The van der Waals surface area contributed by atoms with E-state index in [4.69, 9.17) is 10.00 Å². The molecule has 0 aliphatic carbocycles. The van der Waals surface area contributed by atoms with E-state index < -0.39 is 8.03 Å². The average Bonchev–Trinajstić information content (AvgIpc) is 1.61. The standard InChI is InChI=1S/C3H5O3P/c4-2-1-3-7(5)6/h1-2H,3H2,(H-,4,5,6)/p+1. The number of rotatable bonds is 2. The first-order chi connectivity index (χ1) is 3.27. The van der Waals surface area contributed by atoms with E-state index in [2.05, 4.69) is 0 Å². The largest absolute Gasteiger partial charge is 0.516 e. The van der Waals surface area contributed by atoms with Crippen LogP contribution in [-0.4, -0.2) is 16.2 Å². The summed E-state index contributed by atoms with van der Waals surface area (Å²) in [6, 6.07) is 0. The SMILES string of the molecule is O=[P+](O)CC=CO. The summed E-state index contributed by atoms with van der Waals surface area (Å²) in [4.78, 5) is 8.03. The van der Waals surface area contributed by atoms with Gasteiger partial charge in [0.1, 0.15) is 0 Å². The van der Waals surface area contributed by atoms with Crippen LogP contribution in [0.5, 0.6) is 0 Å². The Labute approximate surface area is 42.2 Å². The summed E-state index contributed by atoms with van der Waals surface area (Å²) < 4.78 is 9.74. The number of aliphatic hydroxyl groups excluding tert-OH is 1. The molecule has 0 heterocycles. The predicted octanol–water partition coefficient (Wildman–Crippen LogP) is 0.793. The Morgan fingerprint density at radius 3 is 2.43 bits per heavy atom. The first-order valence-electron chi connectivity index (χ1n) is 1.70. The zero-order valence-electron chi connectivity index (χ0n) is 3.61. The third-order valence-electron chi connectivity index (χ3n) is 0.367. The van der Waals surface area contributed by atoms with E-state index in [1.54, 1.807) is 0 Å². The van der Waals surface area contributed by atoms with Gasteiger partial charge in [0.25, 0.3) is 0 Å². The van der Waals surface area contributed by atoms with E-state index in [0.717, 1.165) is 6.26 Å². The Bertz CT molecular complexity index is 88.2. The molecule has 0 saturated carbocycles. The minimum absolute atomic E-state index is 0.0336. The maximum atomic E-state index is 9.74. The van der Waals surface area contributed by atoms with Crippen molar-refractivity contribution >= 4 is 8.03 Å². The van der Waals surface area contributed by atoms with Crippen LogP contribution < -0.4 is 0 Å². The van der Waals surface area contributed by atoms with Crippen LogP contribution in [0.3, 0.4) is 0 Å². The molecule has 0 aliphatic rings. The van der Waals surface area contributed by atoms with Crippen molar-refractivity contribution in [3.63, 3.8) is 0 Å². The summed E-state index contributed by atoms with van der Waals surface area (Å²) in [5, 5.41) is 7.89. The number of hydrogen-bond donors (Lipinski definition) is 2. The first-order valence-corrected chi connectivity index (χ1v) is 3.10. The fourth-order valence-corrected chi connectivity index (χ4v) is 0.412. The molecule has 7 heavy (non-hydrogen) atoms. The normalized spacial score (nSPS) is 12.4. The second-order valence-electron chi connectivity index (χ2n) is 0.920. The fourth-order valence-electron chi connectivity index (χ4n) is 0.137. The Morgan fingerprint density at radius 1 is 1.71 bits per heavy atom. The van der Waals surface area contributed by atoms with Gasteiger partial charge in [0, 0.05) is 6.08 Å². The minimum Gasteiger partial charge on any atom is -0.516 e. The van der Waals surface area contributed by atoms with Gasteiger partial charge in [-0.2, -0.15) is 4.89 Å². The van der Waals surface area contributed by atoms with Gasteiger partial charge in [-0.1, -0.05) is 0 Å². The van der Waals surface area contributed by atoms with Crippen molar-refractivity contribution in [3.05, 3.63) is 12.3 Å². The van der Waals surface area contributed by atoms with Gasteiger partial charge in [-0.05, 0) is 4.57 Å². The first kappa shape index (κ1) is 6.60. The highest BCUT2D eigenvalue weighted by molar-refractivity contribution is 7.38. The van der Waals surface area contributed by atoms with E-state index in [1.807, 2.05) is 0 Å². The molecule has 0 rings (SSSR count). The van der Waals surface area contributed by atoms with Crippen LogP contribution >= 0.6 is 8.03 Å². The molecule has 1 unspecified atom stereocenters. The number of allylic oxidation sites excluding steroid dienone is 1. The third-order valence-corrected chi connectivity index (χ3v) is 0.890. The maximum Gasteiger partial charge on any atom is 0.509 e. The lowest BCUT2D eigenvalue weighted by molar-refractivity contribution is 0.471. The summed E-state index contributed by atoms with van der Waals surface area (Å²) in [5.74, 6) is 0. The van der Waals surface area contributed by atoms with Crippen molar-refractivity contribution in [2.75, 3.05) is 6.16 Å². The van der Waals surface area contributed by atoms with Crippen molar-refractivity contribution in [1.29, 1.82) is 0 Å². The summed E-state index contributed by atoms with van der Waals surface area (Å²) in [6.07, 6.45) is 2.01. The highest BCUT2D eigenvalue weighted by atomic mass is 31.1. The van der Waals surface area contributed by atoms with Crippen molar-refractivity contribution in [2.45, 2.75) is 0 Å². The highest BCUT2D eigenvalue weighted by Crippen LogP contribution is 2.10. The molecule has 0 aromatic heterocycles. The number of aliphatic hydroxyl groups is 1. The summed E-state index contributed by atoms with van der Waals surface area (Å²) in [6.45, 7) is 0. The van der Waals surface area contributed by atoms with Crippen molar-refractivity contribution in [3.8, 4) is 0 Å². The van der Waals surface area contributed by atoms with Crippen LogP contribution in [0.1, 0.15) is 0 Å². The second kappa shape index (κ2) is 3.78. The van der Waals surface area contributed by atoms with Crippen molar-refractivity contribution in [1.82, 2.24) is 0 Å². The Balaban J connectivity index is 3.14. The molecule has 0 spiro atoms. The Morgan fingerprint density at radius 2 is 2.29 bits per heavy atom. The summed E-state index contributed by atoms with van der Waals surface area (Å²) in [5.41, 5.74) is 0. The molecule has 0 aliphatic heterocycles. The molecule has 3 nitrogen and oxygen atoms in total. The van der Waals surface area contributed by atoms with Crippen LogP contribution in [0.15, 0.2) is 12.3 Å². The third kappa shape index (κ3) is 5.60. The Hall–Kier alpha value is -0.400. The van der Waals surface area contributed by atoms with Gasteiger partial charge < -0.3 is 5.11 Å². The lowest BCUT2D eigenvalue weighted by atomic mass is 10.7. The summed E-state index contributed by atoms with van der Waals surface area (Å²) in [7, 11) is -2.10. The average molecular weight is 121 g/mol. The predicted molar refractivity (Wildman–Crippen MR) is 26.5 cm³/mol. The highest BCUT2D eigenvalue weighted by Gasteiger charge is 2.02. The van der Waals surface area contributed by atoms with Gasteiger partial charge in [-0.3, -0.25) is 0 Å². The second-order valence-corrected chi connectivity index (χ2v) is 1.99. The van der Waals surface area contributed by atoms with E-state index >= 15 is 0 Å². The van der Waals surface area contributed by atoms with Gasteiger partial charge >= 0.3 is 8.03 Å². The van der Waals surface area contributed by atoms with E-state index in [0.29, 0.717) is 0 Å². The molecule has 2 N–H and O–H groups in total. The van der Waals surface area contributed by atoms with Crippen LogP contribution in [0.25, 0.3) is 0 Å². The lowest BCUT2D eigenvalue weighted by Crippen LogP contribution is -1.65.